The Kier molecular flexibility index (Phi) is 4.59. The van der Waals surface area contributed by atoms with Gasteiger partial charge in [-0.1, -0.05) is 13.3 Å². The number of ether oxygens (including phenoxy) is 1. The first-order valence-electron chi connectivity index (χ1n) is 4.22. The number of hydrogen-bond acceptors (Lipinski definition) is 3. The molecular weight excluding hydrogens is 363 g/mol. The molecule has 5 heteroatoms. The molecule has 0 aliphatic carbocycles. The molecule has 3 nitrogen and oxygen atoms in total. The Morgan fingerprint density at radius 3 is 2.79 bits per heavy atom. The van der Waals surface area contributed by atoms with Crippen molar-refractivity contribution in [2.75, 3.05) is 0 Å². The fraction of sp³-hybridized carbons (Fsp3) is 0.444. The summed E-state index contributed by atoms with van der Waals surface area (Å²) in [6.45, 7) is 1.95. The van der Waals surface area contributed by atoms with Gasteiger partial charge in [0.1, 0.15) is 0 Å². The standard InChI is InChI=1S/C9H10BrIO3/c1-2-3-5(12)7-8(10)6(4-11)14-9(7)13/h4-5,12H,2-3H2,1H3/t5-/m1/s1. The van der Waals surface area contributed by atoms with E-state index in [2.05, 4.69) is 15.9 Å². The van der Waals surface area contributed by atoms with Crippen molar-refractivity contribution in [1.29, 1.82) is 0 Å². The average Bonchev–Trinajstić information content (AvgIpc) is 2.41. The van der Waals surface area contributed by atoms with Crippen LogP contribution >= 0.6 is 38.5 Å². The highest BCUT2D eigenvalue weighted by molar-refractivity contribution is 14.1. The van der Waals surface area contributed by atoms with Crippen molar-refractivity contribution in [2.45, 2.75) is 25.9 Å². The molecule has 78 valence electrons. The molecule has 1 aliphatic heterocycles. The van der Waals surface area contributed by atoms with E-state index in [0.717, 1.165) is 6.42 Å². The number of cyclic esters (lactones) is 1. The van der Waals surface area contributed by atoms with Gasteiger partial charge in [0, 0.05) is 4.08 Å². The van der Waals surface area contributed by atoms with Gasteiger partial charge in [-0.25, -0.2) is 4.79 Å². The summed E-state index contributed by atoms with van der Waals surface area (Å²) in [5, 5.41) is 9.68. The summed E-state index contributed by atoms with van der Waals surface area (Å²) in [5.41, 5.74) is 0.328. The van der Waals surface area contributed by atoms with Crippen LogP contribution in [0.5, 0.6) is 0 Å². The lowest BCUT2D eigenvalue weighted by molar-refractivity contribution is -0.134. The second-order valence-electron chi connectivity index (χ2n) is 2.90. The lowest BCUT2D eigenvalue weighted by atomic mass is 10.1. The predicted octanol–water partition coefficient (Wildman–Crippen LogP) is 2.63. The molecule has 0 saturated carbocycles. The lowest BCUT2D eigenvalue weighted by Gasteiger charge is -2.07. The van der Waals surface area contributed by atoms with E-state index in [-0.39, 0.29) is 0 Å². The Hall–Kier alpha value is 0.120. The molecule has 0 spiro atoms. The van der Waals surface area contributed by atoms with Crippen LogP contribution in [0.4, 0.5) is 0 Å². The van der Waals surface area contributed by atoms with E-state index >= 15 is 0 Å². The number of carbonyl (C=O) groups excluding carboxylic acids is 1. The van der Waals surface area contributed by atoms with Crippen LogP contribution < -0.4 is 0 Å². The highest BCUT2D eigenvalue weighted by atomic mass is 127. The highest BCUT2D eigenvalue weighted by Gasteiger charge is 2.32. The second-order valence-corrected chi connectivity index (χ2v) is 4.31. The normalized spacial score (nSPS) is 21.7. The van der Waals surface area contributed by atoms with E-state index in [0.29, 0.717) is 22.2 Å². The van der Waals surface area contributed by atoms with Gasteiger partial charge >= 0.3 is 5.97 Å². The van der Waals surface area contributed by atoms with Gasteiger partial charge in [0.05, 0.1) is 16.2 Å². The minimum atomic E-state index is -0.740. The first-order chi connectivity index (χ1) is 6.61. The molecule has 0 amide bonds. The van der Waals surface area contributed by atoms with Crippen molar-refractivity contribution in [3.05, 3.63) is 19.9 Å². The number of halogens is 2. The van der Waals surface area contributed by atoms with Gasteiger partial charge in [-0.2, -0.15) is 0 Å². The predicted molar refractivity (Wildman–Crippen MR) is 65.1 cm³/mol. The second kappa shape index (κ2) is 5.27. The minimum Gasteiger partial charge on any atom is -0.421 e. The van der Waals surface area contributed by atoms with Crippen LogP contribution in [0.3, 0.4) is 0 Å². The molecule has 1 N–H and O–H groups in total. The quantitative estimate of drug-likeness (QED) is 0.612. The lowest BCUT2D eigenvalue weighted by Crippen LogP contribution is -2.15. The van der Waals surface area contributed by atoms with Crippen molar-refractivity contribution in [3.63, 3.8) is 0 Å². The maximum atomic E-state index is 11.4. The van der Waals surface area contributed by atoms with Gasteiger partial charge < -0.3 is 9.84 Å². The molecular formula is C9H10BrIO3. The van der Waals surface area contributed by atoms with E-state index in [1.165, 1.54) is 0 Å². The molecule has 1 atom stereocenters. The molecule has 1 heterocycles. The zero-order valence-electron chi connectivity index (χ0n) is 7.59. The van der Waals surface area contributed by atoms with E-state index in [1.807, 2.05) is 29.5 Å². The topological polar surface area (TPSA) is 46.5 Å². The highest BCUT2D eigenvalue weighted by Crippen LogP contribution is 2.34. The number of carbonyl (C=O) groups is 1. The summed E-state index contributed by atoms with van der Waals surface area (Å²) in [6, 6.07) is 0. The van der Waals surface area contributed by atoms with Gasteiger partial charge in [-0.05, 0) is 44.9 Å². The zero-order chi connectivity index (χ0) is 10.7. The van der Waals surface area contributed by atoms with Gasteiger partial charge in [0.25, 0.3) is 0 Å². The Morgan fingerprint density at radius 2 is 2.36 bits per heavy atom. The van der Waals surface area contributed by atoms with Crippen molar-refractivity contribution in [2.24, 2.45) is 0 Å². The van der Waals surface area contributed by atoms with Gasteiger partial charge in [0.15, 0.2) is 5.76 Å². The molecule has 0 bridgehead atoms. The fourth-order valence-electron chi connectivity index (χ4n) is 1.19. The van der Waals surface area contributed by atoms with Crippen LogP contribution in [-0.4, -0.2) is 17.2 Å². The fourth-order valence-corrected chi connectivity index (χ4v) is 2.68. The van der Waals surface area contributed by atoms with E-state index in [9.17, 15) is 9.90 Å². The number of rotatable bonds is 3. The average molecular weight is 373 g/mol. The summed E-state index contributed by atoms with van der Waals surface area (Å²) in [4.78, 5) is 11.4. The van der Waals surface area contributed by atoms with Gasteiger partial charge in [-0.15, -0.1) is 0 Å². The number of aliphatic hydroxyl groups is 1. The molecule has 1 aliphatic rings. The zero-order valence-corrected chi connectivity index (χ0v) is 11.3. The van der Waals surface area contributed by atoms with Crippen LogP contribution in [0.15, 0.2) is 19.9 Å². The van der Waals surface area contributed by atoms with Crippen LogP contribution in [0.2, 0.25) is 0 Å². The maximum absolute atomic E-state index is 11.4. The van der Waals surface area contributed by atoms with E-state index in [4.69, 9.17) is 4.74 Å². The third-order valence-electron chi connectivity index (χ3n) is 1.87. The van der Waals surface area contributed by atoms with Crippen molar-refractivity contribution < 1.29 is 14.6 Å². The smallest absolute Gasteiger partial charge is 0.343 e. The number of esters is 1. The molecule has 0 fully saturated rings. The van der Waals surface area contributed by atoms with E-state index < -0.39 is 12.1 Å². The molecule has 14 heavy (non-hydrogen) atoms. The largest absolute Gasteiger partial charge is 0.421 e. The monoisotopic (exact) mass is 372 g/mol. The Morgan fingerprint density at radius 1 is 1.71 bits per heavy atom. The minimum absolute atomic E-state index is 0.328. The SMILES string of the molecule is CCC[C@@H](O)C1=C(Br)C(=CI)OC1=O. The Bertz CT molecular complexity index is 309. The van der Waals surface area contributed by atoms with Crippen molar-refractivity contribution in [1.82, 2.24) is 0 Å². The summed E-state index contributed by atoms with van der Waals surface area (Å²) < 4.78 is 7.16. The first-order valence-corrected chi connectivity index (χ1v) is 6.26. The van der Waals surface area contributed by atoms with Gasteiger partial charge in [-0.3, -0.25) is 0 Å². The van der Waals surface area contributed by atoms with Crippen LogP contribution in [0.1, 0.15) is 19.8 Å². The van der Waals surface area contributed by atoms with Crippen LogP contribution in [-0.2, 0) is 9.53 Å². The number of allylic oxidation sites excluding steroid dienone is 1. The van der Waals surface area contributed by atoms with Crippen molar-refractivity contribution in [3.8, 4) is 0 Å². The summed E-state index contributed by atoms with van der Waals surface area (Å²) >= 11 is 5.23. The van der Waals surface area contributed by atoms with Crippen molar-refractivity contribution >= 4 is 44.5 Å². The number of hydrogen-bond donors (Lipinski definition) is 1. The Labute approximate surface area is 104 Å². The molecule has 0 aromatic carbocycles. The molecule has 0 aromatic rings. The van der Waals surface area contributed by atoms with E-state index in [1.54, 1.807) is 4.08 Å². The summed E-state index contributed by atoms with van der Waals surface area (Å²) in [7, 11) is 0. The number of aliphatic hydroxyl groups excluding tert-OH is 1. The molecule has 0 aromatic heterocycles. The molecule has 0 radical (unpaired) electrons. The van der Waals surface area contributed by atoms with Crippen LogP contribution in [0, 0.1) is 0 Å². The third-order valence-corrected chi connectivity index (χ3v) is 3.25. The molecule has 0 saturated heterocycles. The molecule has 0 unspecified atom stereocenters. The summed E-state index contributed by atoms with van der Waals surface area (Å²) in [5.74, 6) is 0.0153. The third kappa shape index (κ3) is 2.38. The maximum Gasteiger partial charge on any atom is 0.343 e. The Balaban J connectivity index is 2.95. The summed E-state index contributed by atoms with van der Waals surface area (Å²) in [6.07, 6.45) is 0.644. The first kappa shape index (κ1) is 12.2. The molecule has 1 rings (SSSR count). The van der Waals surface area contributed by atoms with Gasteiger partial charge in [0.2, 0.25) is 0 Å². The van der Waals surface area contributed by atoms with Crippen LogP contribution in [0.25, 0.3) is 0 Å².